The Morgan fingerprint density at radius 1 is 1.22 bits per heavy atom. The zero-order chi connectivity index (χ0) is 16.5. The number of rotatable bonds is 6. The average molecular weight is 328 g/mol. The Hall–Kier alpha value is -2.31. The molecule has 0 aliphatic heterocycles. The molecule has 6 heteroatoms. The minimum atomic E-state index is 0.406. The topological polar surface area (TPSA) is 86.0 Å². The molecule has 0 aliphatic rings. The van der Waals surface area contributed by atoms with Gasteiger partial charge in [0.15, 0.2) is 5.17 Å². The lowest BCUT2D eigenvalue weighted by Crippen LogP contribution is -2.06. The van der Waals surface area contributed by atoms with Crippen LogP contribution in [0, 0.1) is 0 Å². The first-order valence-corrected chi connectivity index (χ1v) is 8.11. The molecule has 0 aromatic heterocycles. The Bertz CT molecular complexity index is 686. The summed E-state index contributed by atoms with van der Waals surface area (Å²) >= 11 is 1.45. The third-order valence-corrected chi connectivity index (χ3v) is 3.97. The van der Waals surface area contributed by atoms with Gasteiger partial charge in [-0.3, -0.25) is 0 Å². The zero-order valence-corrected chi connectivity index (χ0v) is 13.8. The summed E-state index contributed by atoms with van der Waals surface area (Å²) in [4.78, 5) is 0. The molecule has 120 valence electrons. The fourth-order valence-electron chi connectivity index (χ4n) is 1.95. The average Bonchev–Trinajstić information content (AvgIpc) is 2.60. The monoisotopic (exact) mass is 328 g/mol. The fourth-order valence-corrected chi connectivity index (χ4v) is 2.56. The van der Waals surface area contributed by atoms with E-state index in [2.05, 4.69) is 22.3 Å². The van der Waals surface area contributed by atoms with Gasteiger partial charge in [-0.25, -0.2) is 0 Å². The fraction of sp³-hybridized carbons (Fsp3) is 0.176. The maximum Gasteiger partial charge on any atom is 0.180 e. The van der Waals surface area contributed by atoms with Gasteiger partial charge in [-0.05, 0) is 29.3 Å². The maximum atomic E-state index is 5.85. The SMILES string of the molecule is COc1ccc(C=NN=C(N)SCc2ccccc2)cc1CN. The third-order valence-electron chi connectivity index (χ3n) is 3.12. The molecule has 5 nitrogen and oxygen atoms in total. The van der Waals surface area contributed by atoms with Crippen LogP contribution in [0.1, 0.15) is 16.7 Å². The van der Waals surface area contributed by atoms with E-state index >= 15 is 0 Å². The molecule has 0 amide bonds. The molecule has 0 saturated carbocycles. The number of hydrogen-bond acceptors (Lipinski definition) is 5. The van der Waals surface area contributed by atoms with Crippen molar-refractivity contribution in [2.75, 3.05) is 7.11 Å². The van der Waals surface area contributed by atoms with Crippen molar-refractivity contribution in [2.45, 2.75) is 12.3 Å². The molecule has 0 bridgehead atoms. The van der Waals surface area contributed by atoms with E-state index in [9.17, 15) is 0 Å². The second kappa shape index (κ2) is 8.97. The standard InChI is InChI=1S/C17H20N4OS/c1-22-16-8-7-14(9-15(16)10-18)11-20-21-17(19)23-12-13-5-3-2-4-6-13/h2-9,11H,10,12,18H2,1H3,(H2,19,21). The molecule has 0 radical (unpaired) electrons. The smallest absolute Gasteiger partial charge is 0.180 e. The summed E-state index contributed by atoms with van der Waals surface area (Å²) in [6.45, 7) is 0.406. The van der Waals surface area contributed by atoms with Gasteiger partial charge in [0.05, 0.1) is 13.3 Å². The molecular weight excluding hydrogens is 308 g/mol. The summed E-state index contributed by atoms with van der Waals surface area (Å²) in [5, 5.41) is 8.45. The van der Waals surface area contributed by atoms with Crippen molar-refractivity contribution in [3.8, 4) is 5.75 Å². The first-order chi connectivity index (χ1) is 11.2. The van der Waals surface area contributed by atoms with Crippen molar-refractivity contribution in [2.24, 2.45) is 21.7 Å². The lowest BCUT2D eigenvalue weighted by atomic mass is 10.1. The predicted molar refractivity (Wildman–Crippen MR) is 97.8 cm³/mol. The molecule has 0 atom stereocenters. The molecule has 4 N–H and O–H groups in total. The molecule has 0 fully saturated rings. The summed E-state index contributed by atoms with van der Waals surface area (Å²) in [5.41, 5.74) is 14.6. The van der Waals surface area contributed by atoms with E-state index in [1.165, 1.54) is 17.3 Å². The van der Waals surface area contributed by atoms with Gasteiger partial charge in [0.2, 0.25) is 0 Å². The molecule has 2 rings (SSSR count). The van der Waals surface area contributed by atoms with Crippen LogP contribution in [0.3, 0.4) is 0 Å². The van der Waals surface area contributed by atoms with Crippen LogP contribution in [-0.2, 0) is 12.3 Å². The van der Waals surface area contributed by atoms with Gasteiger partial charge < -0.3 is 16.2 Å². The van der Waals surface area contributed by atoms with E-state index in [0.717, 1.165) is 22.6 Å². The van der Waals surface area contributed by atoms with Crippen molar-refractivity contribution in [3.63, 3.8) is 0 Å². The van der Waals surface area contributed by atoms with Crippen LogP contribution < -0.4 is 16.2 Å². The predicted octanol–water partition coefficient (Wildman–Crippen LogP) is 2.74. The van der Waals surface area contributed by atoms with E-state index in [1.54, 1.807) is 13.3 Å². The highest BCUT2D eigenvalue weighted by Crippen LogP contribution is 2.18. The Labute approximate surface area is 140 Å². The second-order valence-corrected chi connectivity index (χ2v) is 5.73. The number of nitrogens with two attached hydrogens (primary N) is 2. The van der Waals surface area contributed by atoms with Crippen LogP contribution in [0.5, 0.6) is 5.75 Å². The zero-order valence-electron chi connectivity index (χ0n) is 13.0. The summed E-state index contributed by atoms with van der Waals surface area (Å²) in [5.74, 6) is 1.54. The number of thioether (sulfide) groups is 1. The van der Waals surface area contributed by atoms with Crippen LogP contribution in [0.15, 0.2) is 58.7 Å². The number of methoxy groups -OCH3 is 1. The van der Waals surface area contributed by atoms with Gasteiger partial charge in [-0.2, -0.15) is 5.10 Å². The maximum absolute atomic E-state index is 5.85. The quantitative estimate of drug-likeness (QED) is 0.485. The third kappa shape index (κ3) is 5.43. The van der Waals surface area contributed by atoms with Crippen LogP contribution in [0.25, 0.3) is 0 Å². The molecule has 0 unspecified atom stereocenters. The Kier molecular flexibility index (Phi) is 6.65. The number of hydrogen-bond donors (Lipinski definition) is 2. The van der Waals surface area contributed by atoms with Crippen molar-refractivity contribution < 1.29 is 4.74 Å². The largest absolute Gasteiger partial charge is 0.496 e. The van der Waals surface area contributed by atoms with Crippen LogP contribution in [0.2, 0.25) is 0 Å². The molecular formula is C17H20N4OS. The van der Waals surface area contributed by atoms with Gasteiger partial charge >= 0.3 is 0 Å². The molecule has 2 aromatic carbocycles. The lowest BCUT2D eigenvalue weighted by Gasteiger charge is -2.06. The molecule has 23 heavy (non-hydrogen) atoms. The van der Waals surface area contributed by atoms with Crippen molar-refractivity contribution >= 4 is 23.1 Å². The molecule has 0 aliphatic carbocycles. The van der Waals surface area contributed by atoms with E-state index in [0.29, 0.717) is 11.7 Å². The van der Waals surface area contributed by atoms with Gasteiger partial charge in [0, 0.05) is 17.9 Å². The molecule has 0 saturated heterocycles. The molecule has 2 aromatic rings. The summed E-state index contributed by atoms with van der Waals surface area (Å²) in [6.07, 6.45) is 1.65. The second-order valence-electron chi connectivity index (χ2n) is 4.73. The molecule has 0 heterocycles. The van der Waals surface area contributed by atoms with Crippen molar-refractivity contribution in [1.82, 2.24) is 0 Å². The highest BCUT2D eigenvalue weighted by atomic mass is 32.2. The number of ether oxygens (including phenoxy) is 1. The lowest BCUT2D eigenvalue weighted by molar-refractivity contribution is 0.410. The number of benzene rings is 2. The van der Waals surface area contributed by atoms with E-state index < -0.39 is 0 Å². The van der Waals surface area contributed by atoms with Crippen molar-refractivity contribution in [1.29, 1.82) is 0 Å². The Morgan fingerprint density at radius 3 is 2.70 bits per heavy atom. The highest BCUT2D eigenvalue weighted by molar-refractivity contribution is 8.13. The van der Waals surface area contributed by atoms with Gasteiger partial charge in [0.1, 0.15) is 5.75 Å². The Balaban J connectivity index is 1.94. The van der Waals surface area contributed by atoms with E-state index in [1.807, 2.05) is 36.4 Å². The normalized spacial score (nSPS) is 11.8. The van der Waals surface area contributed by atoms with Gasteiger partial charge in [-0.1, -0.05) is 42.1 Å². The minimum Gasteiger partial charge on any atom is -0.496 e. The van der Waals surface area contributed by atoms with E-state index in [-0.39, 0.29) is 0 Å². The summed E-state index contributed by atoms with van der Waals surface area (Å²) < 4.78 is 5.23. The van der Waals surface area contributed by atoms with Gasteiger partial charge in [-0.15, -0.1) is 5.10 Å². The first kappa shape index (κ1) is 17.1. The Morgan fingerprint density at radius 2 is 2.00 bits per heavy atom. The van der Waals surface area contributed by atoms with E-state index in [4.69, 9.17) is 16.2 Å². The number of amidine groups is 1. The van der Waals surface area contributed by atoms with Crippen LogP contribution in [0.4, 0.5) is 0 Å². The first-order valence-electron chi connectivity index (χ1n) is 7.13. The van der Waals surface area contributed by atoms with Crippen LogP contribution >= 0.6 is 11.8 Å². The van der Waals surface area contributed by atoms with Crippen LogP contribution in [-0.4, -0.2) is 18.5 Å². The minimum absolute atomic E-state index is 0.406. The highest BCUT2D eigenvalue weighted by Gasteiger charge is 2.01. The van der Waals surface area contributed by atoms with Crippen molar-refractivity contribution in [3.05, 3.63) is 65.2 Å². The number of nitrogens with zero attached hydrogens (tertiary/aromatic N) is 2. The molecule has 0 spiro atoms. The summed E-state index contributed by atoms with van der Waals surface area (Å²) in [6, 6.07) is 15.8. The summed E-state index contributed by atoms with van der Waals surface area (Å²) in [7, 11) is 1.62. The van der Waals surface area contributed by atoms with Gasteiger partial charge in [0.25, 0.3) is 0 Å².